The minimum absolute atomic E-state index is 0.00353. The molecule has 2 aromatic heterocycles. The zero-order valence-electron chi connectivity index (χ0n) is 18.1. The Labute approximate surface area is 191 Å². The Hall–Kier alpha value is -4.02. The van der Waals surface area contributed by atoms with E-state index in [1.54, 1.807) is 18.3 Å². The van der Waals surface area contributed by atoms with Gasteiger partial charge in [-0.05, 0) is 54.8 Å². The van der Waals surface area contributed by atoms with Gasteiger partial charge in [-0.2, -0.15) is 5.26 Å². The Bertz CT molecular complexity index is 1400. The Morgan fingerprint density at radius 3 is 2.85 bits per heavy atom. The molecule has 2 aromatic carbocycles. The van der Waals surface area contributed by atoms with E-state index in [9.17, 15) is 4.39 Å². The first-order chi connectivity index (χ1) is 16.1. The van der Waals surface area contributed by atoms with Crippen molar-refractivity contribution >= 4 is 22.9 Å². The molecule has 4 aromatic rings. The standard InChI is InChI=1S/C26H23FN6/c1-2-17-5-3-7-21(13-17)33-25(18-8-9-19(15-28)22(27)14-18)31-24-23(10-11-30-26(24)33)32-12-4-6-20(29)16-32/h2-3,5,7-11,13-14,20H,1,4,6,12,16,29H2/t20-/m1/s1. The molecule has 0 radical (unpaired) electrons. The van der Waals surface area contributed by atoms with Crippen molar-refractivity contribution in [3.63, 3.8) is 0 Å². The zero-order valence-corrected chi connectivity index (χ0v) is 18.1. The highest BCUT2D eigenvalue weighted by Crippen LogP contribution is 2.34. The van der Waals surface area contributed by atoms with Crippen molar-refractivity contribution in [1.29, 1.82) is 5.26 Å². The van der Waals surface area contributed by atoms with Crippen LogP contribution in [0.15, 0.2) is 61.3 Å². The van der Waals surface area contributed by atoms with Crippen molar-refractivity contribution in [3.8, 4) is 23.1 Å². The van der Waals surface area contributed by atoms with Crippen LogP contribution in [0.25, 0.3) is 34.3 Å². The van der Waals surface area contributed by atoms with Crippen molar-refractivity contribution in [2.24, 2.45) is 5.73 Å². The van der Waals surface area contributed by atoms with Gasteiger partial charge >= 0.3 is 0 Å². The van der Waals surface area contributed by atoms with Gasteiger partial charge < -0.3 is 10.6 Å². The number of aromatic nitrogens is 3. The topological polar surface area (TPSA) is 83.8 Å². The maximum absolute atomic E-state index is 14.5. The first kappa shape index (κ1) is 20.9. The second kappa shape index (κ2) is 8.49. The molecule has 0 saturated carbocycles. The molecule has 0 bridgehead atoms. The summed E-state index contributed by atoms with van der Waals surface area (Å²) in [5.41, 5.74) is 11.0. The number of nitriles is 1. The van der Waals surface area contributed by atoms with Gasteiger partial charge in [-0.25, -0.2) is 14.4 Å². The molecule has 7 heteroatoms. The van der Waals surface area contributed by atoms with Crippen LogP contribution in [0.4, 0.5) is 10.1 Å². The van der Waals surface area contributed by atoms with E-state index in [2.05, 4.69) is 16.5 Å². The van der Waals surface area contributed by atoms with E-state index >= 15 is 0 Å². The number of nitrogens with zero attached hydrogens (tertiary/aromatic N) is 5. The molecule has 1 aliphatic heterocycles. The molecule has 33 heavy (non-hydrogen) atoms. The molecule has 164 valence electrons. The van der Waals surface area contributed by atoms with Crippen LogP contribution in [-0.2, 0) is 0 Å². The lowest BCUT2D eigenvalue weighted by Crippen LogP contribution is -2.42. The number of rotatable bonds is 4. The van der Waals surface area contributed by atoms with Crippen LogP contribution in [0, 0.1) is 17.1 Å². The Morgan fingerprint density at radius 2 is 2.09 bits per heavy atom. The average molecular weight is 439 g/mol. The van der Waals surface area contributed by atoms with Crippen LogP contribution in [0.3, 0.4) is 0 Å². The fourth-order valence-electron chi connectivity index (χ4n) is 4.42. The van der Waals surface area contributed by atoms with Gasteiger partial charge in [-0.15, -0.1) is 0 Å². The number of imidazole rings is 1. The third kappa shape index (κ3) is 3.75. The third-order valence-electron chi connectivity index (χ3n) is 6.04. The second-order valence-electron chi connectivity index (χ2n) is 8.23. The summed E-state index contributed by atoms with van der Waals surface area (Å²) in [6.07, 6.45) is 5.57. The number of hydrogen-bond acceptors (Lipinski definition) is 5. The molecular weight excluding hydrogens is 415 g/mol. The smallest absolute Gasteiger partial charge is 0.167 e. The van der Waals surface area contributed by atoms with Gasteiger partial charge in [0.25, 0.3) is 0 Å². The van der Waals surface area contributed by atoms with Crippen molar-refractivity contribution in [3.05, 3.63) is 78.3 Å². The van der Waals surface area contributed by atoms with E-state index in [0.717, 1.165) is 48.4 Å². The van der Waals surface area contributed by atoms with Crippen LogP contribution in [0.5, 0.6) is 0 Å². The van der Waals surface area contributed by atoms with Gasteiger partial charge in [0.05, 0.1) is 11.3 Å². The zero-order chi connectivity index (χ0) is 22.9. The van der Waals surface area contributed by atoms with Crippen LogP contribution >= 0.6 is 0 Å². The molecule has 0 spiro atoms. The lowest BCUT2D eigenvalue weighted by Gasteiger charge is -2.32. The SMILES string of the molecule is C=Cc1cccc(-n2c(-c3ccc(C#N)c(F)c3)nc3c(N4CCC[C@@H](N)C4)ccnc32)c1. The van der Waals surface area contributed by atoms with Gasteiger partial charge in [0.15, 0.2) is 5.65 Å². The van der Waals surface area contributed by atoms with Gasteiger partial charge in [0.2, 0.25) is 0 Å². The van der Waals surface area contributed by atoms with Gasteiger partial charge in [-0.3, -0.25) is 4.57 Å². The summed E-state index contributed by atoms with van der Waals surface area (Å²) in [5.74, 6) is -0.0282. The predicted molar refractivity (Wildman–Crippen MR) is 128 cm³/mol. The van der Waals surface area contributed by atoms with Crippen LogP contribution in [0.1, 0.15) is 24.0 Å². The summed E-state index contributed by atoms with van der Waals surface area (Å²) < 4.78 is 16.5. The van der Waals surface area contributed by atoms with Crippen LogP contribution in [-0.4, -0.2) is 33.7 Å². The molecule has 0 unspecified atom stereocenters. The number of fused-ring (bicyclic) bond motifs is 1. The van der Waals surface area contributed by atoms with Gasteiger partial charge in [0.1, 0.15) is 23.2 Å². The molecule has 0 aliphatic carbocycles. The van der Waals surface area contributed by atoms with E-state index in [-0.39, 0.29) is 11.6 Å². The molecule has 1 atom stereocenters. The monoisotopic (exact) mass is 438 g/mol. The summed E-state index contributed by atoms with van der Waals surface area (Å²) >= 11 is 0. The number of piperidine rings is 1. The average Bonchev–Trinajstić information content (AvgIpc) is 3.24. The van der Waals surface area contributed by atoms with E-state index in [4.69, 9.17) is 16.0 Å². The van der Waals surface area contributed by atoms with Gasteiger partial charge in [0, 0.05) is 36.6 Å². The first-order valence-corrected chi connectivity index (χ1v) is 10.9. The fourth-order valence-corrected chi connectivity index (χ4v) is 4.42. The lowest BCUT2D eigenvalue weighted by molar-refractivity contribution is 0.507. The number of pyridine rings is 1. The summed E-state index contributed by atoms with van der Waals surface area (Å²) in [6.45, 7) is 5.51. The number of benzene rings is 2. The minimum atomic E-state index is -0.580. The molecular formula is C26H23FN6. The van der Waals surface area contributed by atoms with Crippen molar-refractivity contribution < 1.29 is 4.39 Å². The maximum atomic E-state index is 14.5. The Balaban J connectivity index is 1.77. The summed E-state index contributed by atoms with van der Waals surface area (Å²) in [5, 5.41) is 9.14. The minimum Gasteiger partial charge on any atom is -0.368 e. The first-order valence-electron chi connectivity index (χ1n) is 10.9. The number of hydrogen-bond donors (Lipinski definition) is 1. The Morgan fingerprint density at radius 1 is 1.21 bits per heavy atom. The van der Waals surface area contributed by atoms with E-state index < -0.39 is 5.82 Å². The van der Waals surface area contributed by atoms with E-state index in [1.165, 1.54) is 12.1 Å². The molecule has 1 aliphatic rings. The normalized spacial score (nSPS) is 16.0. The summed E-state index contributed by atoms with van der Waals surface area (Å²) in [6, 6.07) is 16.3. The highest BCUT2D eigenvalue weighted by molar-refractivity contribution is 5.90. The van der Waals surface area contributed by atoms with E-state index in [1.807, 2.05) is 41.0 Å². The van der Waals surface area contributed by atoms with Gasteiger partial charge in [-0.1, -0.05) is 24.8 Å². The molecule has 1 fully saturated rings. The number of nitrogens with two attached hydrogens (primary N) is 1. The highest BCUT2D eigenvalue weighted by Gasteiger charge is 2.24. The molecule has 0 amide bonds. The predicted octanol–water partition coefficient (Wildman–Crippen LogP) is 4.67. The van der Waals surface area contributed by atoms with Crippen molar-refractivity contribution in [2.45, 2.75) is 18.9 Å². The summed E-state index contributed by atoms with van der Waals surface area (Å²) in [7, 11) is 0. The highest BCUT2D eigenvalue weighted by atomic mass is 19.1. The van der Waals surface area contributed by atoms with E-state index in [0.29, 0.717) is 17.0 Å². The van der Waals surface area contributed by atoms with Crippen LogP contribution in [0.2, 0.25) is 0 Å². The second-order valence-corrected chi connectivity index (χ2v) is 8.23. The molecule has 2 N–H and O–H groups in total. The quantitative estimate of drug-likeness (QED) is 0.501. The third-order valence-corrected chi connectivity index (χ3v) is 6.04. The molecule has 5 rings (SSSR count). The molecule has 1 saturated heterocycles. The maximum Gasteiger partial charge on any atom is 0.167 e. The molecule has 3 heterocycles. The largest absolute Gasteiger partial charge is 0.368 e. The number of anilines is 1. The van der Waals surface area contributed by atoms with Crippen molar-refractivity contribution in [1.82, 2.24) is 14.5 Å². The number of halogens is 1. The fraction of sp³-hybridized carbons (Fsp3) is 0.192. The molecule has 6 nitrogen and oxygen atoms in total. The lowest BCUT2D eigenvalue weighted by atomic mass is 10.1. The van der Waals surface area contributed by atoms with Crippen LogP contribution < -0.4 is 10.6 Å². The van der Waals surface area contributed by atoms with Crippen molar-refractivity contribution in [2.75, 3.05) is 18.0 Å². The summed E-state index contributed by atoms with van der Waals surface area (Å²) in [4.78, 5) is 11.9. The Kier molecular flexibility index (Phi) is 5.37.